The molecule has 5 heteroatoms. The van der Waals surface area contributed by atoms with Crippen LogP contribution in [0.15, 0.2) is 0 Å². The van der Waals surface area contributed by atoms with E-state index in [9.17, 15) is 14.8 Å². The fraction of sp³-hybridized carbons (Fsp3) is 0.455. The molecule has 0 radical (unpaired) electrons. The van der Waals surface area contributed by atoms with Gasteiger partial charge in [0.05, 0.1) is 12.8 Å². The highest BCUT2D eigenvalue weighted by Crippen LogP contribution is 2.22. The lowest BCUT2D eigenvalue weighted by atomic mass is 10.1. The van der Waals surface area contributed by atoms with Gasteiger partial charge in [-0.2, -0.15) is 4.73 Å². The highest BCUT2D eigenvalue weighted by Gasteiger charge is 2.25. The van der Waals surface area contributed by atoms with E-state index in [1.165, 1.54) is 7.11 Å². The second-order valence-electron chi connectivity index (χ2n) is 3.32. The average molecular weight is 225 g/mol. The van der Waals surface area contributed by atoms with Gasteiger partial charge in [0, 0.05) is 5.56 Å². The van der Waals surface area contributed by atoms with Gasteiger partial charge in [-0.3, -0.25) is 4.79 Å². The molecule has 1 rings (SSSR count). The third-order valence-corrected chi connectivity index (χ3v) is 2.57. The summed E-state index contributed by atoms with van der Waals surface area (Å²) in [5, 5.41) is 9.81. The number of methoxy groups -OCH3 is 1. The number of aldehydes is 1. The van der Waals surface area contributed by atoms with Gasteiger partial charge in [-0.05, 0) is 18.4 Å². The number of esters is 1. The number of hydrogen-bond donors (Lipinski definition) is 1. The lowest BCUT2D eigenvalue weighted by molar-refractivity contribution is 0.0543. The number of rotatable bonds is 4. The zero-order chi connectivity index (χ0) is 12.3. The van der Waals surface area contributed by atoms with Crippen LogP contribution in [0.2, 0.25) is 0 Å². The van der Waals surface area contributed by atoms with Gasteiger partial charge >= 0.3 is 5.97 Å². The van der Waals surface area contributed by atoms with E-state index < -0.39 is 5.97 Å². The van der Waals surface area contributed by atoms with Crippen LogP contribution >= 0.6 is 0 Å². The third kappa shape index (κ3) is 1.68. The van der Waals surface area contributed by atoms with Gasteiger partial charge in [0.2, 0.25) is 0 Å². The highest BCUT2D eigenvalue weighted by molar-refractivity contribution is 5.94. The molecule has 16 heavy (non-hydrogen) atoms. The molecule has 5 nitrogen and oxygen atoms in total. The Balaban J connectivity index is 3.53. The van der Waals surface area contributed by atoms with Gasteiger partial charge in [0.25, 0.3) is 0 Å². The number of ether oxygens (including phenoxy) is 1. The van der Waals surface area contributed by atoms with Crippen LogP contribution in [0.5, 0.6) is 0 Å². The van der Waals surface area contributed by atoms with Crippen molar-refractivity contribution in [1.29, 1.82) is 0 Å². The zero-order valence-electron chi connectivity index (χ0n) is 9.61. The van der Waals surface area contributed by atoms with E-state index in [2.05, 4.69) is 4.74 Å². The van der Waals surface area contributed by atoms with Crippen LogP contribution in [-0.2, 0) is 17.6 Å². The molecule has 0 aliphatic rings. The van der Waals surface area contributed by atoms with E-state index in [1.807, 2.05) is 6.92 Å². The summed E-state index contributed by atoms with van der Waals surface area (Å²) in [5.41, 5.74) is 1.39. The van der Waals surface area contributed by atoms with Crippen LogP contribution in [0.3, 0.4) is 0 Å². The minimum absolute atomic E-state index is 0.0453. The quantitative estimate of drug-likeness (QED) is 0.478. The van der Waals surface area contributed by atoms with Gasteiger partial charge in [0.1, 0.15) is 0 Å². The molecule has 0 aromatic carbocycles. The molecule has 88 valence electrons. The summed E-state index contributed by atoms with van der Waals surface area (Å²) >= 11 is 0. The lowest BCUT2D eigenvalue weighted by Gasteiger charge is -2.03. The fourth-order valence-corrected chi connectivity index (χ4v) is 1.82. The molecule has 0 unspecified atom stereocenters. The Labute approximate surface area is 93.6 Å². The van der Waals surface area contributed by atoms with Crippen LogP contribution in [0, 0.1) is 0 Å². The number of carbonyl (C=O) groups excluding carboxylic acids is 2. The third-order valence-electron chi connectivity index (χ3n) is 2.57. The Hall–Kier alpha value is -1.78. The number of aromatic nitrogens is 1. The Bertz CT molecular complexity index is 420. The van der Waals surface area contributed by atoms with Gasteiger partial charge in [-0.1, -0.05) is 13.8 Å². The van der Waals surface area contributed by atoms with Crippen LogP contribution in [0.4, 0.5) is 0 Å². The molecule has 0 fully saturated rings. The van der Waals surface area contributed by atoms with Crippen molar-refractivity contribution < 1.29 is 19.5 Å². The SMILES string of the molecule is CCc1c(C=O)c(CC)n(O)c1C(=O)OC. The predicted molar refractivity (Wildman–Crippen MR) is 57.1 cm³/mol. The first kappa shape index (κ1) is 12.3. The van der Waals surface area contributed by atoms with Crippen molar-refractivity contribution in [2.24, 2.45) is 0 Å². The molecule has 1 aromatic heterocycles. The summed E-state index contributed by atoms with van der Waals surface area (Å²) in [6.45, 7) is 3.61. The second-order valence-corrected chi connectivity index (χ2v) is 3.32. The maximum atomic E-state index is 11.5. The standard InChI is InChI=1S/C11H15NO4/c1-4-7-8(6-13)9(5-2)12(15)10(7)11(14)16-3/h6,15H,4-5H2,1-3H3. The van der Waals surface area contributed by atoms with Gasteiger partial charge < -0.3 is 9.94 Å². The monoisotopic (exact) mass is 225 g/mol. The Morgan fingerprint density at radius 2 is 2.06 bits per heavy atom. The Morgan fingerprint density at radius 3 is 2.44 bits per heavy atom. The topological polar surface area (TPSA) is 68.5 Å². The molecular formula is C11H15NO4. The summed E-state index contributed by atoms with van der Waals surface area (Å²) in [7, 11) is 1.24. The maximum Gasteiger partial charge on any atom is 0.358 e. The average Bonchev–Trinajstić information content (AvgIpc) is 2.59. The van der Waals surface area contributed by atoms with E-state index in [1.54, 1.807) is 6.92 Å². The van der Waals surface area contributed by atoms with Crippen LogP contribution in [0.25, 0.3) is 0 Å². The van der Waals surface area contributed by atoms with E-state index >= 15 is 0 Å². The molecule has 1 aromatic rings. The van der Waals surface area contributed by atoms with Crippen molar-refractivity contribution in [3.8, 4) is 0 Å². The van der Waals surface area contributed by atoms with Crippen LogP contribution in [-0.4, -0.2) is 29.3 Å². The molecule has 0 aliphatic carbocycles. The largest absolute Gasteiger partial charge is 0.464 e. The molecule has 0 atom stereocenters. The molecule has 1 heterocycles. The van der Waals surface area contributed by atoms with Crippen molar-refractivity contribution >= 4 is 12.3 Å². The molecule has 0 saturated carbocycles. The molecule has 0 aliphatic heterocycles. The van der Waals surface area contributed by atoms with Crippen molar-refractivity contribution in [3.05, 3.63) is 22.5 Å². The number of carbonyl (C=O) groups is 2. The number of hydrogen-bond acceptors (Lipinski definition) is 4. The molecule has 0 spiro atoms. The van der Waals surface area contributed by atoms with Crippen molar-refractivity contribution in [2.75, 3.05) is 7.11 Å². The van der Waals surface area contributed by atoms with Gasteiger partial charge in [0.15, 0.2) is 12.0 Å². The molecule has 0 amide bonds. The highest BCUT2D eigenvalue weighted by atomic mass is 16.5. The smallest absolute Gasteiger partial charge is 0.358 e. The predicted octanol–water partition coefficient (Wildman–Crippen LogP) is 1.45. The summed E-state index contributed by atoms with van der Waals surface area (Å²) in [5.74, 6) is -0.637. The van der Waals surface area contributed by atoms with Gasteiger partial charge in [-0.25, -0.2) is 4.79 Å². The molecule has 0 saturated heterocycles. The molecule has 0 bridgehead atoms. The first-order valence-electron chi connectivity index (χ1n) is 5.11. The Kier molecular flexibility index (Phi) is 3.71. The van der Waals surface area contributed by atoms with Gasteiger partial charge in [-0.15, -0.1) is 0 Å². The minimum Gasteiger partial charge on any atom is -0.464 e. The normalized spacial score (nSPS) is 10.2. The van der Waals surface area contributed by atoms with Crippen molar-refractivity contribution in [2.45, 2.75) is 26.7 Å². The summed E-state index contributed by atoms with van der Waals surface area (Å²) in [6, 6.07) is 0. The van der Waals surface area contributed by atoms with E-state index in [-0.39, 0.29) is 5.69 Å². The first-order chi connectivity index (χ1) is 7.62. The molecule has 1 N–H and O–H groups in total. The van der Waals surface area contributed by atoms with Crippen LogP contribution < -0.4 is 0 Å². The maximum absolute atomic E-state index is 11.5. The lowest BCUT2D eigenvalue weighted by Crippen LogP contribution is -2.11. The molecular weight excluding hydrogens is 210 g/mol. The summed E-state index contributed by atoms with van der Waals surface area (Å²) < 4.78 is 5.34. The van der Waals surface area contributed by atoms with Crippen LogP contribution in [0.1, 0.15) is 46.0 Å². The Morgan fingerprint density at radius 1 is 1.44 bits per heavy atom. The summed E-state index contributed by atoms with van der Waals surface area (Å²) in [4.78, 5) is 22.5. The minimum atomic E-state index is -0.637. The van der Waals surface area contributed by atoms with E-state index in [0.717, 1.165) is 4.73 Å². The van der Waals surface area contributed by atoms with Crippen molar-refractivity contribution in [1.82, 2.24) is 4.73 Å². The van der Waals surface area contributed by atoms with E-state index in [0.29, 0.717) is 35.9 Å². The van der Waals surface area contributed by atoms with Crippen molar-refractivity contribution in [3.63, 3.8) is 0 Å². The zero-order valence-corrected chi connectivity index (χ0v) is 9.61. The first-order valence-corrected chi connectivity index (χ1v) is 5.11. The second kappa shape index (κ2) is 4.83. The fourth-order valence-electron chi connectivity index (χ4n) is 1.82. The van der Waals surface area contributed by atoms with E-state index in [4.69, 9.17) is 0 Å². The summed E-state index contributed by atoms with van der Waals surface area (Å²) in [6.07, 6.45) is 1.62. The number of nitrogens with zero attached hydrogens (tertiary/aromatic N) is 1.